The van der Waals surface area contributed by atoms with E-state index in [0.29, 0.717) is 5.75 Å². The molecule has 2 rings (SSSR count). The number of nitrogen functional groups attached to an aromatic ring is 1. The standard InChI is InChI=1S/C15H18N2O/c1-11-2-7-14(16)15(10-11)17-9-8-12-3-5-13(18)6-4-12/h2-7,10,17-18H,8-9,16H2,1H3. The summed E-state index contributed by atoms with van der Waals surface area (Å²) in [5.74, 6) is 0.301. The summed E-state index contributed by atoms with van der Waals surface area (Å²) in [7, 11) is 0. The normalized spacial score (nSPS) is 10.3. The molecule has 0 aromatic heterocycles. The first-order valence-electron chi connectivity index (χ1n) is 6.03. The summed E-state index contributed by atoms with van der Waals surface area (Å²) in [5, 5.41) is 12.5. The maximum Gasteiger partial charge on any atom is 0.115 e. The zero-order valence-electron chi connectivity index (χ0n) is 10.5. The monoisotopic (exact) mass is 242 g/mol. The molecule has 0 unspecified atom stereocenters. The first-order chi connectivity index (χ1) is 8.65. The minimum Gasteiger partial charge on any atom is -0.508 e. The molecule has 3 heteroatoms. The van der Waals surface area contributed by atoms with E-state index in [0.717, 1.165) is 24.3 Å². The van der Waals surface area contributed by atoms with Gasteiger partial charge in [-0.1, -0.05) is 18.2 Å². The first kappa shape index (κ1) is 12.3. The molecular formula is C15H18N2O. The van der Waals surface area contributed by atoms with Crippen molar-refractivity contribution in [3.63, 3.8) is 0 Å². The molecule has 0 saturated carbocycles. The van der Waals surface area contributed by atoms with Gasteiger partial charge in [-0.15, -0.1) is 0 Å². The third-order valence-corrected chi connectivity index (χ3v) is 2.87. The van der Waals surface area contributed by atoms with E-state index in [1.54, 1.807) is 12.1 Å². The molecule has 0 aliphatic rings. The van der Waals surface area contributed by atoms with Crippen LogP contribution < -0.4 is 11.1 Å². The van der Waals surface area contributed by atoms with Crippen molar-refractivity contribution in [2.45, 2.75) is 13.3 Å². The molecule has 18 heavy (non-hydrogen) atoms. The molecule has 2 aromatic carbocycles. The van der Waals surface area contributed by atoms with Gasteiger partial charge < -0.3 is 16.2 Å². The number of phenols is 1. The van der Waals surface area contributed by atoms with Gasteiger partial charge in [0.1, 0.15) is 5.75 Å². The number of nitrogens with two attached hydrogens (primary N) is 1. The minimum absolute atomic E-state index is 0.301. The third-order valence-electron chi connectivity index (χ3n) is 2.87. The summed E-state index contributed by atoms with van der Waals surface area (Å²) in [6.45, 7) is 2.86. The number of nitrogens with one attached hydrogen (secondary N) is 1. The number of hydrogen-bond acceptors (Lipinski definition) is 3. The number of aromatic hydroxyl groups is 1. The lowest BCUT2D eigenvalue weighted by atomic mass is 10.1. The van der Waals surface area contributed by atoms with Gasteiger partial charge in [-0.25, -0.2) is 0 Å². The van der Waals surface area contributed by atoms with Crippen molar-refractivity contribution >= 4 is 11.4 Å². The Morgan fingerprint density at radius 1 is 1.11 bits per heavy atom. The van der Waals surface area contributed by atoms with Gasteiger partial charge in [-0.05, 0) is 48.7 Å². The van der Waals surface area contributed by atoms with Crippen LogP contribution in [0.5, 0.6) is 5.75 Å². The Morgan fingerprint density at radius 3 is 2.56 bits per heavy atom. The van der Waals surface area contributed by atoms with E-state index < -0.39 is 0 Å². The molecule has 3 nitrogen and oxygen atoms in total. The van der Waals surface area contributed by atoms with E-state index in [2.05, 4.69) is 5.32 Å². The Morgan fingerprint density at radius 2 is 1.83 bits per heavy atom. The number of aryl methyl sites for hydroxylation is 1. The molecule has 0 aliphatic carbocycles. The van der Waals surface area contributed by atoms with Crippen molar-refractivity contribution in [1.82, 2.24) is 0 Å². The van der Waals surface area contributed by atoms with Crippen molar-refractivity contribution in [3.05, 3.63) is 53.6 Å². The summed E-state index contributed by atoms with van der Waals surface area (Å²) >= 11 is 0. The Balaban J connectivity index is 1.92. The van der Waals surface area contributed by atoms with Crippen molar-refractivity contribution in [3.8, 4) is 5.75 Å². The van der Waals surface area contributed by atoms with Crippen LogP contribution >= 0.6 is 0 Å². The van der Waals surface area contributed by atoms with Crippen molar-refractivity contribution in [1.29, 1.82) is 0 Å². The second-order valence-corrected chi connectivity index (χ2v) is 4.43. The predicted octanol–water partition coefficient (Wildman–Crippen LogP) is 2.94. The highest BCUT2D eigenvalue weighted by molar-refractivity contribution is 5.66. The zero-order chi connectivity index (χ0) is 13.0. The molecule has 2 aromatic rings. The third kappa shape index (κ3) is 3.17. The largest absolute Gasteiger partial charge is 0.508 e. The van der Waals surface area contributed by atoms with E-state index in [1.165, 1.54) is 11.1 Å². The first-order valence-corrected chi connectivity index (χ1v) is 6.03. The Labute approximate surface area is 107 Å². The fraction of sp³-hybridized carbons (Fsp3) is 0.200. The van der Waals surface area contributed by atoms with Gasteiger partial charge >= 0.3 is 0 Å². The average molecular weight is 242 g/mol. The van der Waals surface area contributed by atoms with Crippen molar-refractivity contribution in [2.24, 2.45) is 0 Å². The molecule has 0 saturated heterocycles. The molecular weight excluding hydrogens is 224 g/mol. The van der Waals surface area contributed by atoms with E-state index in [1.807, 2.05) is 37.3 Å². The van der Waals surface area contributed by atoms with Gasteiger partial charge in [-0.2, -0.15) is 0 Å². The van der Waals surface area contributed by atoms with E-state index >= 15 is 0 Å². The van der Waals surface area contributed by atoms with Crippen molar-refractivity contribution < 1.29 is 5.11 Å². The summed E-state index contributed by atoms with van der Waals surface area (Å²) in [4.78, 5) is 0. The predicted molar refractivity (Wildman–Crippen MR) is 75.9 cm³/mol. The van der Waals surface area contributed by atoms with E-state index in [4.69, 9.17) is 5.73 Å². The number of benzene rings is 2. The summed E-state index contributed by atoms with van der Waals surface area (Å²) in [6, 6.07) is 13.2. The fourth-order valence-electron chi connectivity index (χ4n) is 1.83. The number of hydrogen-bond donors (Lipinski definition) is 3. The van der Waals surface area contributed by atoms with Crippen LogP contribution in [0, 0.1) is 6.92 Å². The van der Waals surface area contributed by atoms with Gasteiger partial charge in [0.05, 0.1) is 11.4 Å². The van der Waals surface area contributed by atoms with E-state index in [9.17, 15) is 5.11 Å². The Bertz CT molecular complexity index is 521. The van der Waals surface area contributed by atoms with Crippen molar-refractivity contribution in [2.75, 3.05) is 17.6 Å². The van der Waals surface area contributed by atoms with Crippen LogP contribution in [-0.4, -0.2) is 11.7 Å². The SMILES string of the molecule is Cc1ccc(N)c(NCCc2ccc(O)cc2)c1. The van der Waals surface area contributed by atoms with Gasteiger partial charge in [0.25, 0.3) is 0 Å². The number of phenolic OH excluding ortho intramolecular Hbond substituents is 1. The van der Waals surface area contributed by atoms with Crippen LogP contribution in [0.4, 0.5) is 11.4 Å². The lowest BCUT2D eigenvalue weighted by molar-refractivity contribution is 0.475. The molecule has 0 bridgehead atoms. The fourth-order valence-corrected chi connectivity index (χ4v) is 1.83. The van der Waals surface area contributed by atoms with Crippen LogP contribution in [-0.2, 0) is 6.42 Å². The molecule has 0 spiro atoms. The second kappa shape index (κ2) is 5.45. The van der Waals surface area contributed by atoms with Gasteiger partial charge in [0.2, 0.25) is 0 Å². The highest BCUT2D eigenvalue weighted by atomic mass is 16.3. The van der Waals surface area contributed by atoms with E-state index in [-0.39, 0.29) is 0 Å². The average Bonchev–Trinajstić information content (AvgIpc) is 2.36. The quantitative estimate of drug-likeness (QED) is 0.722. The molecule has 0 fully saturated rings. The summed E-state index contributed by atoms with van der Waals surface area (Å²) in [5.41, 5.74) is 10.0. The van der Waals surface area contributed by atoms with Crippen LogP contribution in [0.15, 0.2) is 42.5 Å². The Hall–Kier alpha value is -2.16. The molecule has 0 heterocycles. The minimum atomic E-state index is 0.301. The molecule has 0 aliphatic heterocycles. The maximum atomic E-state index is 9.19. The number of anilines is 2. The Kier molecular flexibility index (Phi) is 3.72. The van der Waals surface area contributed by atoms with Crippen LogP contribution in [0.2, 0.25) is 0 Å². The molecule has 0 amide bonds. The highest BCUT2D eigenvalue weighted by Gasteiger charge is 1.99. The van der Waals surface area contributed by atoms with Crippen LogP contribution in [0.25, 0.3) is 0 Å². The highest BCUT2D eigenvalue weighted by Crippen LogP contribution is 2.19. The number of rotatable bonds is 4. The second-order valence-electron chi connectivity index (χ2n) is 4.43. The van der Waals surface area contributed by atoms with Crippen LogP contribution in [0.3, 0.4) is 0 Å². The zero-order valence-corrected chi connectivity index (χ0v) is 10.5. The molecule has 4 N–H and O–H groups in total. The van der Waals surface area contributed by atoms with Crippen LogP contribution in [0.1, 0.15) is 11.1 Å². The molecule has 94 valence electrons. The molecule has 0 atom stereocenters. The summed E-state index contributed by atoms with van der Waals surface area (Å²) < 4.78 is 0. The van der Waals surface area contributed by atoms with Gasteiger partial charge in [-0.3, -0.25) is 0 Å². The lowest BCUT2D eigenvalue weighted by Crippen LogP contribution is -2.07. The van der Waals surface area contributed by atoms with Gasteiger partial charge in [0, 0.05) is 6.54 Å². The maximum absolute atomic E-state index is 9.19. The smallest absolute Gasteiger partial charge is 0.115 e. The molecule has 0 radical (unpaired) electrons. The summed E-state index contributed by atoms with van der Waals surface area (Å²) in [6.07, 6.45) is 0.896. The lowest BCUT2D eigenvalue weighted by Gasteiger charge is -2.10. The topological polar surface area (TPSA) is 58.3 Å². The van der Waals surface area contributed by atoms with Gasteiger partial charge in [0.15, 0.2) is 0 Å².